The Morgan fingerprint density at radius 3 is 2.88 bits per heavy atom. The highest BCUT2D eigenvalue weighted by molar-refractivity contribution is 5.20. The summed E-state index contributed by atoms with van der Waals surface area (Å²) >= 11 is 0. The average Bonchev–Trinajstić information content (AvgIpc) is 1.77. The van der Waals surface area contributed by atoms with Crippen molar-refractivity contribution in [1.82, 2.24) is 5.48 Å². The van der Waals surface area contributed by atoms with Crippen molar-refractivity contribution in [3.8, 4) is 0 Å². The molecule has 0 aromatic rings. The molecule has 0 saturated heterocycles. The number of hydrogen-bond acceptors (Lipinski definition) is 3. The van der Waals surface area contributed by atoms with Crippen molar-refractivity contribution in [3.63, 3.8) is 0 Å². The molecule has 0 aliphatic carbocycles. The van der Waals surface area contributed by atoms with Gasteiger partial charge in [-0.15, -0.1) is 0 Å². The molecule has 0 aromatic heterocycles. The largest absolute Gasteiger partial charge is 0.506 e. The highest BCUT2D eigenvalue weighted by atomic mass is 16.6. The molecule has 0 atom stereocenters. The predicted octanol–water partition coefficient (Wildman–Crippen LogP) is 0.824. The normalized spacial score (nSPS) is 17.6. The Balaban J connectivity index is 2.73. The van der Waals surface area contributed by atoms with Gasteiger partial charge in [-0.05, 0) is 6.92 Å². The standard InChI is InChI=1S/C5H7NO2/c1-4-3-8-6-2-5(4)7/h2-3,6-7H,1H3. The molecule has 2 N–H and O–H groups in total. The van der Waals surface area contributed by atoms with Gasteiger partial charge in [-0.3, -0.25) is 0 Å². The number of nitrogens with one attached hydrogen (secondary N) is 1. The van der Waals surface area contributed by atoms with E-state index in [1.165, 1.54) is 12.5 Å². The van der Waals surface area contributed by atoms with E-state index in [2.05, 4.69) is 10.3 Å². The summed E-state index contributed by atoms with van der Waals surface area (Å²) in [5.41, 5.74) is 3.10. The van der Waals surface area contributed by atoms with Crippen molar-refractivity contribution in [2.45, 2.75) is 6.92 Å². The zero-order valence-corrected chi connectivity index (χ0v) is 4.51. The minimum absolute atomic E-state index is 0.219. The van der Waals surface area contributed by atoms with Crippen LogP contribution in [0.2, 0.25) is 0 Å². The van der Waals surface area contributed by atoms with E-state index >= 15 is 0 Å². The lowest BCUT2D eigenvalue weighted by Crippen LogP contribution is -2.08. The van der Waals surface area contributed by atoms with Crippen LogP contribution in [0.4, 0.5) is 0 Å². The highest BCUT2D eigenvalue weighted by Gasteiger charge is 1.99. The first-order valence-electron chi connectivity index (χ1n) is 2.28. The molecule has 0 amide bonds. The van der Waals surface area contributed by atoms with Crippen LogP contribution in [-0.2, 0) is 4.84 Å². The SMILES string of the molecule is CC1=CONC=C1O. The Kier molecular flexibility index (Phi) is 1.12. The topological polar surface area (TPSA) is 41.5 Å². The molecule has 44 valence electrons. The maximum atomic E-state index is 8.83. The lowest BCUT2D eigenvalue weighted by atomic mass is 10.3. The molecule has 3 nitrogen and oxygen atoms in total. The lowest BCUT2D eigenvalue weighted by Gasteiger charge is -2.07. The third-order valence-electron chi connectivity index (χ3n) is 0.903. The van der Waals surface area contributed by atoms with Gasteiger partial charge < -0.3 is 9.94 Å². The summed E-state index contributed by atoms with van der Waals surface area (Å²) < 4.78 is 0. The Morgan fingerprint density at radius 2 is 2.50 bits per heavy atom. The van der Waals surface area contributed by atoms with E-state index in [1.54, 1.807) is 6.92 Å². The van der Waals surface area contributed by atoms with Gasteiger partial charge in [0.05, 0.1) is 6.20 Å². The Labute approximate surface area is 47.2 Å². The average molecular weight is 113 g/mol. The maximum Gasteiger partial charge on any atom is 0.140 e. The first kappa shape index (κ1) is 5.03. The molecule has 0 aromatic carbocycles. The van der Waals surface area contributed by atoms with Gasteiger partial charge in [-0.25, -0.2) is 5.48 Å². The molecule has 0 radical (unpaired) electrons. The summed E-state index contributed by atoms with van der Waals surface area (Å²) in [6.45, 7) is 1.76. The zero-order valence-electron chi connectivity index (χ0n) is 4.51. The summed E-state index contributed by atoms with van der Waals surface area (Å²) in [4.78, 5) is 4.60. The van der Waals surface area contributed by atoms with Crippen LogP contribution in [-0.4, -0.2) is 5.11 Å². The molecule has 3 heteroatoms. The van der Waals surface area contributed by atoms with Gasteiger partial charge in [0, 0.05) is 5.57 Å². The van der Waals surface area contributed by atoms with Crippen molar-refractivity contribution in [1.29, 1.82) is 0 Å². The molecular formula is C5H7NO2. The minimum Gasteiger partial charge on any atom is -0.506 e. The van der Waals surface area contributed by atoms with Crippen LogP contribution in [0.25, 0.3) is 0 Å². The van der Waals surface area contributed by atoms with Crippen LogP contribution in [0.15, 0.2) is 23.8 Å². The number of hydrogen-bond donors (Lipinski definition) is 2. The van der Waals surface area contributed by atoms with E-state index in [4.69, 9.17) is 5.11 Å². The van der Waals surface area contributed by atoms with Crippen LogP contribution < -0.4 is 5.48 Å². The van der Waals surface area contributed by atoms with Gasteiger partial charge in [-0.2, -0.15) is 0 Å². The fourth-order valence-corrected chi connectivity index (χ4v) is 0.386. The van der Waals surface area contributed by atoms with E-state index in [9.17, 15) is 0 Å². The molecule has 0 unspecified atom stereocenters. The third-order valence-corrected chi connectivity index (χ3v) is 0.903. The van der Waals surface area contributed by atoms with Gasteiger partial charge in [0.2, 0.25) is 0 Å². The zero-order chi connectivity index (χ0) is 5.98. The summed E-state index contributed by atoms with van der Waals surface area (Å²) in [5, 5.41) is 8.83. The van der Waals surface area contributed by atoms with E-state index < -0.39 is 0 Å². The number of aliphatic hydroxyl groups is 1. The van der Waals surface area contributed by atoms with Crippen LogP contribution in [0.1, 0.15) is 6.92 Å². The second-order valence-electron chi connectivity index (χ2n) is 1.57. The Hall–Kier alpha value is -1.12. The Morgan fingerprint density at radius 1 is 1.75 bits per heavy atom. The first-order chi connectivity index (χ1) is 3.80. The summed E-state index contributed by atoms with van der Waals surface area (Å²) in [6.07, 6.45) is 2.82. The van der Waals surface area contributed by atoms with Crippen LogP contribution >= 0.6 is 0 Å². The smallest absolute Gasteiger partial charge is 0.140 e. The van der Waals surface area contributed by atoms with Gasteiger partial charge in [0.1, 0.15) is 12.0 Å². The second kappa shape index (κ2) is 1.78. The van der Waals surface area contributed by atoms with Crippen molar-refractivity contribution in [2.24, 2.45) is 0 Å². The van der Waals surface area contributed by atoms with Gasteiger partial charge >= 0.3 is 0 Å². The number of allylic oxidation sites excluding steroid dienone is 1. The quantitative estimate of drug-likeness (QED) is 0.488. The van der Waals surface area contributed by atoms with Gasteiger partial charge in [0.15, 0.2) is 0 Å². The molecule has 1 heterocycles. The van der Waals surface area contributed by atoms with Gasteiger partial charge in [0.25, 0.3) is 0 Å². The molecule has 1 aliphatic heterocycles. The van der Waals surface area contributed by atoms with Gasteiger partial charge in [-0.1, -0.05) is 0 Å². The predicted molar refractivity (Wildman–Crippen MR) is 28.7 cm³/mol. The van der Waals surface area contributed by atoms with Crippen molar-refractivity contribution in [2.75, 3.05) is 0 Å². The Bertz CT molecular complexity index is 131. The fraction of sp³-hybridized carbons (Fsp3) is 0.200. The summed E-state index contributed by atoms with van der Waals surface area (Å²) in [7, 11) is 0. The molecule has 1 aliphatic rings. The number of rotatable bonds is 0. The van der Waals surface area contributed by atoms with Crippen molar-refractivity contribution >= 4 is 0 Å². The molecule has 8 heavy (non-hydrogen) atoms. The van der Waals surface area contributed by atoms with Crippen molar-refractivity contribution < 1.29 is 9.94 Å². The monoisotopic (exact) mass is 113 g/mol. The third kappa shape index (κ3) is 0.753. The molecule has 0 bridgehead atoms. The first-order valence-corrected chi connectivity index (χ1v) is 2.28. The molecular weight excluding hydrogens is 106 g/mol. The molecule has 1 rings (SSSR count). The van der Waals surface area contributed by atoms with Crippen molar-refractivity contribution in [3.05, 3.63) is 23.8 Å². The molecule has 0 fully saturated rings. The van der Waals surface area contributed by atoms with Crippen LogP contribution in [0.3, 0.4) is 0 Å². The van der Waals surface area contributed by atoms with E-state index in [-0.39, 0.29) is 5.76 Å². The number of aliphatic hydroxyl groups excluding tert-OH is 1. The molecule has 0 spiro atoms. The van der Waals surface area contributed by atoms with Crippen LogP contribution in [0.5, 0.6) is 0 Å². The highest BCUT2D eigenvalue weighted by Crippen LogP contribution is 2.06. The van der Waals surface area contributed by atoms with E-state index in [0.717, 1.165) is 5.57 Å². The van der Waals surface area contributed by atoms with Crippen LogP contribution in [0, 0.1) is 0 Å². The molecule has 0 saturated carbocycles. The lowest BCUT2D eigenvalue weighted by molar-refractivity contribution is 0.159. The number of hydroxylamine groups is 1. The van der Waals surface area contributed by atoms with E-state index in [0.29, 0.717) is 0 Å². The summed E-state index contributed by atoms with van der Waals surface area (Å²) in [6, 6.07) is 0. The maximum absolute atomic E-state index is 8.83. The fourth-order valence-electron chi connectivity index (χ4n) is 0.386. The minimum atomic E-state index is 0.219. The second-order valence-corrected chi connectivity index (χ2v) is 1.57. The summed E-state index contributed by atoms with van der Waals surface area (Å²) in [5.74, 6) is 0.219. The van der Waals surface area contributed by atoms with E-state index in [1.807, 2.05) is 0 Å².